The lowest BCUT2D eigenvalue weighted by atomic mass is 9.95. The molecule has 0 aliphatic carbocycles. The summed E-state index contributed by atoms with van der Waals surface area (Å²) in [5.74, 6) is -0.541. The van der Waals surface area contributed by atoms with Gasteiger partial charge in [-0.3, -0.25) is 0 Å². The van der Waals surface area contributed by atoms with Crippen LogP contribution in [0, 0.1) is 17.1 Å². The molecule has 8 nitrogen and oxygen atoms in total. The van der Waals surface area contributed by atoms with E-state index >= 15 is 4.39 Å². The van der Waals surface area contributed by atoms with Crippen LogP contribution in [0.5, 0.6) is 0 Å². The van der Waals surface area contributed by atoms with Gasteiger partial charge in [-0.15, -0.1) is 0 Å². The fourth-order valence-electron chi connectivity index (χ4n) is 4.82. The molecule has 0 bridgehead atoms. The predicted molar refractivity (Wildman–Crippen MR) is 134 cm³/mol. The van der Waals surface area contributed by atoms with Gasteiger partial charge >= 0.3 is 6.18 Å². The summed E-state index contributed by atoms with van der Waals surface area (Å²) in [6.07, 6.45) is -2.45. The van der Waals surface area contributed by atoms with Crippen molar-refractivity contribution in [3.63, 3.8) is 0 Å². The van der Waals surface area contributed by atoms with E-state index in [1.54, 1.807) is 13.0 Å². The number of aromatic nitrogens is 3. The lowest BCUT2D eigenvalue weighted by Crippen LogP contribution is -2.44. The number of anilines is 3. The topological polar surface area (TPSA) is 93.0 Å². The number of fused-ring (bicyclic) bond motifs is 1. The molecule has 1 unspecified atom stereocenters. The molecule has 0 spiro atoms. The van der Waals surface area contributed by atoms with E-state index in [1.165, 1.54) is 12.3 Å². The second-order valence-electron chi connectivity index (χ2n) is 9.56. The zero-order valence-electron chi connectivity index (χ0n) is 20.8. The number of rotatable bonds is 5. The summed E-state index contributed by atoms with van der Waals surface area (Å²) < 4.78 is 55.0. The maximum Gasteiger partial charge on any atom is 0.417 e. The Morgan fingerprint density at radius 3 is 2.58 bits per heavy atom. The second-order valence-corrected chi connectivity index (χ2v) is 9.56. The quantitative estimate of drug-likeness (QED) is 0.473. The van der Waals surface area contributed by atoms with Gasteiger partial charge in [-0.1, -0.05) is 6.07 Å². The predicted octanol–water partition coefficient (Wildman–Crippen LogP) is 4.38. The minimum absolute atomic E-state index is 0.141. The van der Waals surface area contributed by atoms with Crippen molar-refractivity contribution in [2.45, 2.75) is 25.1 Å². The van der Waals surface area contributed by atoms with Crippen LogP contribution in [0.4, 0.5) is 35.0 Å². The van der Waals surface area contributed by atoms with Crippen LogP contribution >= 0.6 is 0 Å². The molecule has 1 saturated heterocycles. The zero-order chi connectivity index (χ0) is 27.0. The highest BCUT2D eigenvalue weighted by Crippen LogP contribution is 2.39. The zero-order valence-corrected chi connectivity index (χ0v) is 20.8. The number of nitrogens with one attached hydrogen (secondary N) is 2. The first-order valence-electron chi connectivity index (χ1n) is 12.2. The SMILES string of the molecule is C[C@@H](Nc1ncc(C#N)c(C2CNc3ncc(C(F)(F)F)cc32)n1)c1ccc(N2CCN(C)CC2)cc1F. The molecule has 38 heavy (non-hydrogen) atoms. The van der Waals surface area contributed by atoms with Crippen molar-refractivity contribution in [1.82, 2.24) is 19.9 Å². The lowest BCUT2D eigenvalue weighted by Gasteiger charge is -2.34. The number of pyridine rings is 1. The number of nitriles is 1. The third-order valence-electron chi connectivity index (χ3n) is 7.03. The van der Waals surface area contributed by atoms with E-state index in [9.17, 15) is 18.4 Å². The monoisotopic (exact) mass is 526 g/mol. The van der Waals surface area contributed by atoms with Crippen LogP contribution < -0.4 is 15.5 Å². The Hall–Kier alpha value is -3.98. The summed E-state index contributed by atoms with van der Waals surface area (Å²) in [7, 11) is 2.06. The number of hydrogen-bond acceptors (Lipinski definition) is 8. The van der Waals surface area contributed by atoms with Gasteiger partial charge in [0.05, 0.1) is 29.1 Å². The average molecular weight is 527 g/mol. The van der Waals surface area contributed by atoms with Crippen LogP contribution in [0.2, 0.25) is 0 Å². The van der Waals surface area contributed by atoms with Gasteiger partial charge in [0.15, 0.2) is 0 Å². The molecule has 0 saturated carbocycles. The standard InChI is InChI=1S/C26H26F4N8/c1-15(19-4-3-18(10-22(19)27)38-7-5-37(2)6-8-38)35-25-34-12-16(11-31)23(36-25)21-14-33-24-20(21)9-17(13-32-24)26(28,29)30/h3-4,9-10,12-13,15,21H,5-8,14H2,1-2H3,(H,32,33)(H,34,35,36)/t15-,21?/m1/s1. The Balaban J connectivity index is 1.38. The lowest BCUT2D eigenvalue weighted by molar-refractivity contribution is -0.137. The fraction of sp³-hybridized carbons (Fsp3) is 0.385. The van der Waals surface area contributed by atoms with Gasteiger partial charge < -0.3 is 20.4 Å². The van der Waals surface area contributed by atoms with Crippen molar-refractivity contribution in [1.29, 1.82) is 5.26 Å². The maximum atomic E-state index is 15.1. The van der Waals surface area contributed by atoms with Gasteiger partial charge in [-0.05, 0) is 32.2 Å². The number of alkyl halides is 3. The van der Waals surface area contributed by atoms with Crippen LogP contribution in [0.25, 0.3) is 0 Å². The van der Waals surface area contributed by atoms with E-state index in [2.05, 4.69) is 42.4 Å². The number of benzene rings is 1. The van der Waals surface area contributed by atoms with Gasteiger partial charge in [-0.2, -0.15) is 18.4 Å². The smallest absolute Gasteiger partial charge is 0.369 e. The van der Waals surface area contributed by atoms with Crippen LogP contribution in [-0.2, 0) is 6.18 Å². The second kappa shape index (κ2) is 10.1. The molecular formula is C26H26F4N8. The molecule has 1 fully saturated rings. The summed E-state index contributed by atoms with van der Waals surface area (Å²) >= 11 is 0. The van der Waals surface area contributed by atoms with Crippen molar-refractivity contribution < 1.29 is 17.6 Å². The molecule has 3 aromatic rings. The summed E-state index contributed by atoms with van der Waals surface area (Å²) in [6, 6.07) is 7.68. The van der Waals surface area contributed by atoms with Crippen molar-refractivity contribution >= 4 is 17.5 Å². The molecule has 1 aromatic carbocycles. The van der Waals surface area contributed by atoms with E-state index in [0.717, 1.165) is 44.1 Å². The third-order valence-corrected chi connectivity index (χ3v) is 7.03. The van der Waals surface area contributed by atoms with Crippen LogP contribution in [0.1, 0.15) is 46.8 Å². The maximum absolute atomic E-state index is 15.1. The van der Waals surface area contributed by atoms with Crippen molar-refractivity contribution in [2.75, 3.05) is 55.3 Å². The molecule has 12 heteroatoms. The molecule has 0 radical (unpaired) electrons. The van der Waals surface area contributed by atoms with Gasteiger partial charge in [0.1, 0.15) is 17.7 Å². The Kier molecular flexibility index (Phi) is 6.79. The van der Waals surface area contributed by atoms with Gasteiger partial charge in [-0.25, -0.2) is 19.3 Å². The summed E-state index contributed by atoms with van der Waals surface area (Å²) in [6.45, 7) is 5.46. The van der Waals surface area contributed by atoms with E-state index in [4.69, 9.17) is 0 Å². The van der Waals surface area contributed by atoms with Crippen molar-refractivity contribution in [2.24, 2.45) is 0 Å². The molecule has 2 atom stereocenters. The van der Waals surface area contributed by atoms with E-state index in [-0.39, 0.29) is 29.6 Å². The largest absolute Gasteiger partial charge is 0.417 e. The number of halogens is 4. The van der Waals surface area contributed by atoms with Gasteiger partial charge in [0.25, 0.3) is 0 Å². The molecule has 4 heterocycles. The third kappa shape index (κ3) is 5.06. The highest BCUT2D eigenvalue weighted by molar-refractivity contribution is 5.58. The molecule has 2 aromatic heterocycles. The first kappa shape index (κ1) is 25.7. The molecule has 0 amide bonds. The highest BCUT2D eigenvalue weighted by atomic mass is 19.4. The summed E-state index contributed by atoms with van der Waals surface area (Å²) in [4.78, 5) is 16.9. The van der Waals surface area contributed by atoms with Crippen LogP contribution in [-0.4, -0.2) is 59.6 Å². The van der Waals surface area contributed by atoms with Crippen molar-refractivity contribution in [3.05, 3.63) is 70.4 Å². The normalized spacial score (nSPS) is 18.4. The molecule has 2 N–H and O–H groups in total. The molecule has 198 valence electrons. The Bertz CT molecular complexity index is 1380. The number of nitrogens with zero attached hydrogens (tertiary/aromatic N) is 6. The first-order valence-corrected chi connectivity index (χ1v) is 12.2. The van der Waals surface area contributed by atoms with Crippen molar-refractivity contribution in [3.8, 4) is 6.07 Å². The Morgan fingerprint density at radius 2 is 1.89 bits per heavy atom. The molecule has 2 aliphatic heterocycles. The summed E-state index contributed by atoms with van der Waals surface area (Å²) in [5, 5.41) is 15.7. The van der Waals surface area contributed by atoms with Gasteiger partial charge in [0.2, 0.25) is 5.95 Å². The van der Waals surface area contributed by atoms with Crippen LogP contribution in [0.15, 0.2) is 36.7 Å². The number of hydrogen-bond donors (Lipinski definition) is 2. The highest BCUT2D eigenvalue weighted by Gasteiger charge is 2.35. The van der Waals surface area contributed by atoms with E-state index in [0.29, 0.717) is 16.9 Å². The molecule has 5 rings (SSSR count). The Labute approximate surface area is 217 Å². The number of piperazine rings is 1. The average Bonchev–Trinajstić information content (AvgIpc) is 3.31. The van der Waals surface area contributed by atoms with Gasteiger partial charge in [0, 0.05) is 61.7 Å². The van der Waals surface area contributed by atoms with E-state index < -0.39 is 23.7 Å². The Morgan fingerprint density at radius 1 is 1.13 bits per heavy atom. The first-order chi connectivity index (χ1) is 18.1. The number of likely N-dealkylation sites (N-methyl/N-ethyl adjacent to an activating group) is 1. The molecular weight excluding hydrogens is 500 g/mol. The fourth-order valence-corrected chi connectivity index (χ4v) is 4.82. The van der Waals surface area contributed by atoms with Crippen LogP contribution in [0.3, 0.4) is 0 Å². The molecule has 2 aliphatic rings. The minimum Gasteiger partial charge on any atom is -0.369 e. The van der Waals surface area contributed by atoms with E-state index in [1.807, 2.05) is 12.1 Å². The summed E-state index contributed by atoms with van der Waals surface area (Å²) in [5.41, 5.74) is 1.09. The minimum atomic E-state index is -4.55.